The van der Waals surface area contributed by atoms with Gasteiger partial charge in [0.15, 0.2) is 11.8 Å². The van der Waals surface area contributed by atoms with Crippen LogP contribution in [0, 0.1) is 5.92 Å². The molecule has 1 aromatic rings. The first-order valence-electron chi connectivity index (χ1n) is 12.0. The minimum absolute atomic E-state index is 0.0161. The first-order chi connectivity index (χ1) is 15.1. The highest BCUT2D eigenvalue weighted by Gasteiger charge is 2.22. The molecule has 0 radical (unpaired) electrons. The first-order valence-corrected chi connectivity index (χ1v) is 12.0. The van der Waals surface area contributed by atoms with Crippen molar-refractivity contribution in [2.75, 3.05) is 20.1 Å². The molecule has 9 nitrogen and oxygen atoms in total. The summed E-state index contributed by atoms with van der Waals surface area (Å²) in [5.74, 6) is 3.14. The van der Waals surface area contributed by atoms with Crippen LogP contribution in [0.25, 0.3) is 0 Å². The Hall–Kier alpha value is -2.32. The number of amides is 1. The Morgan fingerprint density at radius 2 is 2.00 bits per heavy atom. The zero-order valence-electron chi connectivity index (χ0n) is 21.1. The van der Waals surface area contributed by atoms with Gasteiger partial charge in [0.25, 0.3) is 0 Å². The van der Waals surface area contributed by atoms with E-state index in [9.17, 15) is 4.79 Å². The quantitative estimate of drug-likeness (QED) is 0.467. The molecule has 0 saturated carbocycles. The van der Waals surface area contributed by atoms with E-state index in [0.717, 1.165) is 50.1 Å². The fraction of sp³-hybridized carbons (Fsp3) is 0.826. The first kappa shape index (κ1) is 25.9. The fourth-order valence-electron chi connectivity index (χ4n) is 3.75. The Balaban J connectivity index is 1.98. The molecule has 1 aliphatic rings. The van der Waals surface area contributed by atoms with Crippen molar-refractivity contribution in [3.05, 3.63) is 11.6 Å². The van der Waals surface area contributed by atoms with Crippen LogP contribution in [0.3, 0.4) is 0 Å². The van der Waals surface area contributed by atoms with Crippen LogP contribution in [0.5, 0.6) is 0 Å². The molecule has 1 unspecified atom stereocenters. The molecule has 9 heteroatoms. The van der Waals surface area contributed by atoms with Crippen LogP contribution in [-0.2, 0) is 24.2 Å². The Labute approximate surface area is 193 Å². The SMILES string of the molecule is CCNC(=NCc1nnc2n1CCCCC2)N(C)CCC(NC(=O)OC(C)(C)C)C(C)C. The molecule has 32 heavy (non-hydrogen) atoms. The van der Waals surface area contributed by atoms with Gasteiger partial charge in [0.1, 0.15) is 18.0 Å². The fourth-order valence-corrected chi connectivity index (χ4v) is 3.75. The number of nitrogens with zero attached hydrogens (tertiary/aromatic N) is 5. The van der Waals surface area contributed by atoms with Gasteiger partial charge in [-0.3, -0.25) is 0 Å². The summed E-state index contributed by atoms with van der Waals surface area (Å²) in [6.45, 7) is 14.9. The molecule has 2 N–H and O–H groups in total. The van der Waals surface area contributed by atoms with Crippen molar-refractivity contribution in [3.8, 4) is 0 Å². The van der Waals surface area contributed by atoms with Crippen molar-refractivity contribution < 1.29 is 9.53 Å². The molecule has 0 aromatic carbocycles. The molecule has 182 valence electrons. The Kier molecular flexibility index (Phi) is 9.78. The number of aliphatic imine (C=N–C) groups is 1. The number of hydrogen-bond acceptors (Lipinski definition) is 5. The van der Waals surface area contributed by atoms with Crippen molar-refractivity contribution in [2.24, 2.45) is 10.9 Å². The maximum absolute atomic E-state index is 12.2. The highest BCUT2D eigenvalue weighted by molar-refractivity contribution is 5.79. The summed E-state index contributed by atoms with van der Waals surface area (Å²) < 4.78 is 7.67. The average Bonchev–Trinajstić information content (AvgIpc) is 2.92. The van der Waals surface area contributed by atoms with Gasteiger partial charge in [0.05, 0.1) is 0 Å². The number of hydrogen-bond donors (Lipinski definition) is 2. The van der Waals surface area contributed by atoms with Crippen molar-refractivity contribution in [1.29, 1.82) is 0 Å². The van der Waals surface area contributed by atoms with Crippen molar-refractivity contribution in [3.63, 3.8) is 0 Å². The van der Waals surface area contributed by atoms with E-state index in [4.69, 9.17) is 9.73 Å². The van der Waals surface area contributed by atoms with Gasteiger partial charge >= 0.3 is 6.09 Å². The summed E-state index contributed by atoms with van der Waals surface area (Å²) >= 11 is 0. The van der Waals surface area contributed by atoms with E-state index in [1.807, 2.05) is 27.8 Å². The predicted molar refractivity (Wildman–Crippen MR) is 128 cm³/mol. The topological polar surface area (TPSA) is 96.7 Å². The molecule has 2 rings (SSSR count). The molecule has 1 aliphatic heterocycles. The molecular formula is C23H43N7O2. The Morgan fingerprint density at radius 1 is 1.25 bits per heavy atom. The second-order valence-corrected chi connectivity index (χ2v) is 9.87. The Morgan fingerprint density at radius 3 is 2.66 bits per heavy atom. The van der Waals surface area contributed by atoms with Gasteiger partial charge in [-0.25, -0.2) is 9.79 Å². The number of ether oxygens (including phenoxy) is 1. The van der Waals surface area contributed by atoms with E-state index in [1.54, 1.807) is 0 Å². The van der Waals surface area contributed by atoms with E-state index in [1.165, 1.54) is 19.3 Å². The third kappa shape index (κ3) is 8.31. The van der Waals surface area contributed by atoms with Crippen LogP contribution < -0.4 is 10.6 Å². The van der Waals surface area contributed by atoms with Crippen molar-refractivity contribution in [1.82, 2.24) is 30.3 Å². The minimum Gasteiger partial charge on any atom is -0.444 e. The zero-order valence-corrected chi connectivity index (χ0v) is 21.1. The third-order valence-corrected chi connectivity index (χ3v) is 5.54. The zero-order chi connectivity index (χ0) is 23.7. The van der Waals surface area contributed by atoms with Crippen molar-refractivity contribution >= 4 is 12.1 Å². The normalized spacial score (nSPS) is 15.7. The van der Waals surface area contributed by atoms with Crippen LogP contribution in [0.15, 0.2) is 4.99 Å². The highest BCUT2D eigenvalue weighted by Crippen LogP contribution is 2.15. The van der Waals surface area contributed by atoms with E-state index >= 15 is 0 Å². The lowest BCUT2D eigenvalue weighted by atomic mass is 10.0. The van der Waals surface area contributed by atoms with E-state index in [-0.39, 0.29) is 12.1 Å². The van der Waals surface area contributed by atoms with Crippen LogP contribution >= 0.6 is 0 Å². The largest absolute Gasteiger partial charge is 0.444 e. The summed E-state index contributed by atoms with van der Waals surface area (Å²) in [5.41, 5.74) is -0.507. The average molecular weight is 450 g/mol. The van der Waals surface area contributed by atoms with Crippen molar-refractivity contribution in [2.45, 2.75) is 98.4 Å². The number of alkyl carbamates (subject to hydrolysis) is 1. The van der Waals surface area contributed by atoms with Gasteiger partial charge in [-0.15, -0.1) is 10.2 Å². The molecule has 1 aromatic heterocycles. The number of aryl methyl sites for hydroxylation is 1. The van der Waals surface area contributed by atoms with E-state index in [2.05, 4.69) is 51.1 Å². The molecule has 2 heterocycles. The molecule has 0 aliphatic carbocycles. The lowest BCUT2D eigenvalue weighted by molar-refractivity contribution is 0.0486. The maximum atomic E-state index is 12.2. The summed E-state index contributed by atoms with van der Waals surface area (Å²) in [4.78, 5) is 19.2. The van der Waals surface area contributed by atoms with Crippen LogP contribution in [0.2, 0.25) is 0 Å². The number of carbonyl (C=O) groups excluding carboxylic acids is 1. The third-order valence-electron chi connectivity index (χ3n) is 5.54. The summed E-state index contributed by atoms with van der Waals surface area (Å²) in [6, 6.07) is 0.0161. The minimum atomic E-state index is -0.507. The Bertz CT molecular complexity index is 752. The van der Waals surface area contributed by atoms with Gasteiger partial charge in [-0.1, -0.05) is 20.3 Å². The van der Waals surface area contributed by atoms with Gasteiger partial charge in [0.2, 0.25) is 0 Å². The molecule has 1 amide bonds. The number of carbonyl (C=O) groups is 1. The molecule has 0 bridgehead atoms. The van der Waals surface area contributed by atoms with Gasteiger partial charge in [0, 0.05) is 39.1 Å². The second-order valence-electron chi connectivity index (χ2n) is 9.87. The van der Waals surface area contributed by atoms with Crippen LogP contribution in [0.1, 0.15) is 78.9 Å². The molecular weight excluding hydrogens is 406 g/mol. The predicted octanol–water partition coefficient (Wildman–Crippen LogP) is 3.34. The monoisotopic (exact) mass is 449 g/mol. The molecule has 0 fully saturated rings. The maximum Gasteiger partial charge on any atom is 0.407 e. The highest BCUT2D eigenvalue weighted by atomic mass is 16.6. The molecule has 1 atom stereocenters. The number of nitrogens with one attached hydrogen (secondary N) is 2. The molecule has 0 spiro atoms. The van der Waals surface area contributed by atoms with Gasteiger partial charge in [-0.2, -0.15) is 0 Å². The van der Waals surface area contributed by atoms with Crippen LogP contribution in [0.4, 0.5) is 4.79 Å². The van der Waals surface area contributed by atoms with Crippen LogP contribution in [-0.4, -0.2) is 63.5 Å². The summed E-state index contributed by atoms with van der Waals surface area (Å²) in [7, 11) is 2.02. The number of fused-ring (bicyclic) bond motifs is 1. The number of guanidine groups is 1. The van der Waals surface area contributed by atoms with E-state index < -0.39 is 5.60 Å². The van der Waals surface area contributed by atoms with E-state index in [0.29, 0.717) is 12.5 Å². The summed E-state index contributed by atoms with van der Waals surface area (Å²) in [6.07, 6.45) is 5.01. The van der Waals surface area contributed by atoms with Gasteiger partial charge in [-0.05, 0) is 52.9 Å². The standard InChI is InChI=1S/C23H43N7O2/c1-8-24-21(25-16-20-28-27-19-12-10-9-11-14-30(19)20)29(7)15-13-18(17(2)3)26-22(31)32-23(4,5)6/h17-18H,8-16H2,1-7H3,(H,24,25)(H,26,31). The second kappa shape index (κ2) is 12.1. The number of aromatic nitrogens is 3. The smallest absolute Gasteiger partial charge is 0.407 e. The lowest BCUT2D eigenvalue weighted by Crippen LogP contribution is -2.45. The summed E-state index contributed by atoms with van der Waals surface area (Å²) in [5, 5.41) is 15.2. The lowest BCUT2D eigenvalue weighted by Gasteiger charge is -2.28. The number of rotatable bonds is 8. The molecule has 0 saturated heterocycles. The van der Waals surface area contributed by atoms with Gasteiger partial charge < -0.3 is 24.8 Å².